The van der Waals surface area contributed by atoms with Crippen LogP contribution in [-0.2, 0) is 23.9 Å². The van der Waals surface area contributed by atoms with Gasteiger partial charge in [0.2, 0.25) is 11.8 Å². The van der Waals surface area contributed by atoms with Crippen LogP contribution in [0.5, 0.6) is 5.75 Å². The predicted octanol–water partition coefficient (Wildman–Crippen LogP) is 2.17. The van der Waals surface area contributed by atoms with Crippen LogP contribution in [0, 0.1) is 0 Å². The molecule has 190 valence electrons. The maximum absolute atomic E-state index is 13.7. The minimum absolute atomic E-state index is 0.0223. The van der Waals surface area contributed by atoms with Crippen LogP contribution in [0.3, 0.4) is 0 Å². The average molecular weight is 498 g/mol. The van der Waals surface area contributed by atoms with Gasteiger partial charge in [0.25, 0.3) is 0 Å². The lowest BCUT2D eigenvalue weighted by Gasteiger charge is -2.42. The van der Waals surface area contributed by atoms with Crippen molar-refractivity contribution in [3.63, 3.8) is 0 Å². The van der Waals surface area contributed by atoms with Crippen molar-refractivity contribution < 1.29 is 33.8 Å². The predicted molar refractivity (Wildman–Crippen MR) is 129 cm³/mol. The normalized spacial score (nSPS) is 13.3. The van der Waals surface area contributed by atoms with E-state index in [0.29, 0.717) is 5.56 Å². The summed E-state index contributed by atoms with van der Waals surface area (Å²) in [6.07, 6.45) is -0.801. The van der Waals surface area contributed by atoms with Gasteiger partial charge < -0.3 is 30.1 Å². The minimum Gasteiger partial charge on any atom is -0.508 e. The number of nitrogens with one attached hydrogen (secondary N) is 2. The Bertz CT molecular complexity index is 876. The molecule has 10 nitrogen and oxygen atoms in total. The molecule has 3 N–H and O–H groups in total. The van der Waals surface area contributed by atoms with Crippen molar-refractivity contribution in [3.05, 3.63) is 29.8 Å². The van der Waals surface area contributed by atoms with Gasteiger partial charge in [-0.05, 0) is 59.2 Å². The van der Waals surface area contributed by atoms with Crippen molar-refractivity contribution in [1.29, 1.82) is 0 Å². The summed E-state index contributed by atoms with van der Waals surface area (Å²) >= 11 is 4.22. The van der Waals surface area contributed by atoms with Gasteiger partial charge in [-0.3, -0.25) is 14.4 Å². The van der Waals surface area contributed by atoms with Crippen LogP contribution in [0.15, 0.2) is 24.3 Å². The zero-order valence-electron chi connectivity index (χ0n) is 20.7. The van der Waals surface area contributed by atoms with Gasteiger partial charge in [0, 0.05) is 11.3 Å². The maximum Gasteiger partial charge on any atom is 0.408 e. The first kappa shape index (κ1) is 29.1. The monoisotopic (exact) mass is 497 g/mol. The van der Waals surface area contributed by atoms with E-state index in [1.807, 2.05) is 0 Å². The number of carbonyl (C=O) groups is 4. The summed E-state index contributed by atoms with van der Waals surface area (Å²) in [5.41, 5.74) is -1.29. The van der Waals surface area contributed by atoms with Crippen LogP contribution in [0.1, 0.15) is 53.1 Å². The molecule has 0 aliphatic carbocycles. The maximum atomic E-state index is 13.7. The van der Waals surface area contributed by atoms with Crippen LogP contribution in [0.25, 0.3) is 0 Å². The number of phenols is 1. The topological polar surface area (TPSA) is 134 Å². The molecule has 34 heavy (non-hydrogen) atoms. The Hall–Kier alpha value is -2.95. The van der Waals surface area contributed by atoms with E-state index in [-0.39, 0.29) is 11.5 Å². The number of aromatic hydroxyl groups is 1. The molecule has 3 amide bonds. The number of carbonyl (C=O) groups excluding carboxylic acids is 4. The number of methoxy groups -OCH3 is 1. The largest absolute Gasteiger partial charge is 0.508 e. The number of nitrogens with zero attached hydrogens (tertiary/aromatic N) is 1. The summed E-state index contributed by atoms with van der Waals surface area (Å²) in [5.74, 6) is -1.97. The number of phenolic OH excluding ortho intramolecular Hbond substituents is 1. The molecule has 1 aromatic rings. The van der Waals surface area contributed by atoms with E-state index in [1.165, 1.54) is 36.3 Å². The molecule has 0 aromatic heterocycles. The van der Waals surface area contributed by atoms with E-state index in [2.05, 4.69) is 28.0 Å². The van der Waals surface area contributed by atoms with E-state index in [0.717, 1.165) is 0 Å². The molecule has 0 heterocycles. The highest BCUT2D eigenvalue weighted by molar-refractivity contribution is 7.80. The number of alkyl carbamates (subject to hydrolysis) is 1. The molecule has 1 aromatic carbocycles. The Morgan fingerprint density at radius 2 is 1.62 bits per heavy atom. The Kier molecular flexibility index (Phi) is 10.2. The fraction of sp³-hybridized carbons (Fsp3) is 0.565. The molecule has 0 saturated heterocycles. The minimum atomic E-state index is -1.19. The van der Waals surface area contributed by atoms with E-state index < -0.39 is 53.6 Å². The number of hydrogen-bond acceptors (Lipinski definition) is 8. The second-order valence-corrected chi connectivity index (χ2v) is 9.91. The third-order valence-electron chi connectivity index (χ3n) is 4.48. The third kappa shape index (κ3) is 8.77. The summed E-state index contributed by atoms with van der Waals surface area (Å²) in [4.78, 5) is 52.2. The zero-order valence-corrected chi connectivity index (χ0v) is 21.6. The molecule has 1 rings (SSSR count). The van der Waals surface area contributed by atoms with E-state index in [9.17, 15) is 24.3 Å². The van der Waals surface area contributed by atoms with Crippen LogP contribution in [0.2, 0.25) is 0 Å². The molecular weight excluding hydrogens is 462 g/mol. The van der Waals surface area contributed by atoms with Crippen molar-refractivity contribution in [2.45, 2.75) is 64.8 Å². The van der Waals surface area contributed by atoms with Crippen molar-refractivity contribution in [2.75, 3.05) is 19.4 Å². The Labute approximate surface area is 205 Å². The van der Waals surface area contributed by atoms with Crippen LogP contribution < -0.4 is 10.6 Å². The average Bonchev–Trinajstić information content (AvgIpc) is 2.71. The number of benzene rings is 1. The highest BCUT2D eigenvalue weighted by Crippen LogP contribution is 2.31. The Morgan fingerprint density at radius 3 is 2.06 bits per heavy atom. The van der Waals surface area contributed by atoms with Gasteiger partial charge >= 0.3 is 12.1 Å². The van der Waals surface area contributed by atoms with Crippen molar-refractivity contribution in [3.8, 4) is 5.75 Å². The first-order valence-electron chi connectivity index (χ1n) is 10.7. The van der Waals surface area contributed by atoms with Crippen molar-refractivity contribution in [2.24, 2.45) is 0 Å². The lowest BCUT2D eigenvalue weighted by atomic mass is 9.95. The first-order valence-corrected chi connectivity index (χ1v) is 11.3. The zero-order chi connectivity index (χ0) is 26.3. The van der Waals surface area contributed by atoms with Gasteiger partial charge in [0.05, 0.1) is 7.11 Å². The molecule has 0 fully saturated rings. The quantitative estimate of drug-likeness (QED) is 0.319. The van der Waals surface area contributed by atoms with E-state index >= 15 is 0 Å². The fourth-order valence-corrected chi connectivity index (χ4v) is 3.30. The number of hydrogen-bond donors (Lipinski definition) is 4. The van der Waals surface area contributed by atoms with Crippen LogP contribution in [0.4, 0.5) is 4.79 Å². The number of amides is 3. The Balaban J connectivity index is 3.42. The standard InChI is InChI=1S/C23H35N3O7S/c1-22(2,3)26(20(30)16(13-34)25-21(31)33-23(4,5)6)18(14-8-10-15(27)11-9-14)19(29)24-12-17(28)32-7/h8-11,16,18,27,34H,12-13H2,1-7H3,(H,24,29)(H,25,31). The van der Waals surface area contributed by atoms with Gasteiger partial charge in [-0.25, -0.2) is 4.79 Å². The summed E-state index contributed by atoms with van der Waals surface area (Å²) in [6, 6.07) is 3.47. The van der Waals surface area contributed by atoms with Gasteiger partial charge in [-0.1, -0.05) is 12.1 Å². The number of rotatable bonds is 8. The molecule has 0 aliphatic heterocycles. The highest BCUT2D eigenvalue weighted by atomic mass is 32.1. The second kappa shape index (κ2) is 12.0. The summed E-state index contributed by atoms with van der Waals surface area (Å²) in [5, 5.41) is 14.7. The van der Waals surface area contributed by atoms with Gasteiger partial charge in [-0.15, -0.1) is 0 Å². The third-order valence-corrected chi connectivity index (χ3v) is 4.85. The molecular formula is C23H35N3O7S. The van der Waals surface area contributed by atoms with E-state index in [1.54, 1.807) is 41.5 Å². The van der Waals surface area contributed by atoms with Crippen molar-refractivity contribution in [1.82, 2.24) is 15.5 Å². The molecule has 2 unspecified atom stereocenters. The van der Waals surface area contributed by atoms with Crippen LogP contribution >= 0.6 is 12.6 Å². The Morgan fingerprint density at radius 1 is 1.06 bits per heavy atom. The molecule has 2 atom stereocenters. The number of thiol groups is 1. The van der Waals surface area contributed by atoms with Gasteiger partial charge in [-0.2, -0.15) is 12.6 Å². The number of ether oxygens (including phenoxy) is 2. The second-order valence-electron chi connectivity index (χ2n) is 9.55. The van der Waals surface area contributed by atoms with Gasteiger partial charge in [0.15, 0.2) is 0 Å². The summed E-state index contributed by atoms with van der Waals surface area (Å²) < 4.78 is 9.83. The van der Waals surface area contributed by atoms with Crippen LogP contribution in [-0.4, -0.2) is 70.5 Å². The SMILES string of the molecule is COC(=O)CNC(=O)C(c1ccc(O)cc1)N(C(=O)C(CS)NC(=O)OC(C)(C)C)C(C)(C)C. The summed E-state index contributed by atoms with van der Waals surface area (Å²) in [7, 11) is 1.19. The first-order chi connectivity index (χ1) is 15.6. The van der Waals surface area contributed by atoms with Crippen molar-refractivity contribution >= 4 is 36.5 Å². The molecule has 0 aliphatic rings. The number of esters is 1. The smallest absolute Gasteiger partial charge is 0.408 e. The fourth-order valence-electron chi connectivity index (χ4n) is 3.05. The molecule has 0 bridgehead atoms. The lowest BCUT2D eigenvalue weighted by Crippen LogP contribution is -2.59. The lowest BCUT2D eigenvalue weighted by molar-refractivity contribution is -0.149. The molecule has 0 saturated carbocycles. The van der Waals surface area contributed by atoms with Gasteiger partial charge in [0.1, 0.15) is 30.0 Å². The van der Waals surface area contributed by atoms with E-state index in [4.69, 9.17) is 4.74 Å². The molecule has 0 radical (unpaired) electrons. The summed E-state index contributed by atoms with van der Waals surface area (Å²) in [6.45, 7) is 9.87. The molecule has 11 heteroatoms. The molecule has 0 spiro atoms. The highest BCUT2D eigenvalue weighted by Gasteiger charge is 2.41.